The molecule has 1 aromatic heterocycles. The number of ether oxygens (including phenoxy) is 2. The Morgan fingerprint density at radius 2 is 1.64 bits per heavy atom. The minimum absolute atomic E-state index is 0.00245. The number of nitrogens with zero attached hydrogens (tertiary/aromatic N) is 1. The standard InChI is InChI=1S/C47H53ClF3NO7/c1-6-21-52(40(54)23-28-7-10-35(57-4)37(22-28)58-5)27-45(56)18-15-39-43(45,3)17-14-38-42(2)16-13-30(53)25-44(42)19-20-46(38,39)32(26-44)41(55)36-12-11-34(59-36)31-24-29(47(49,50)51)8-9-33(31)48/h7-12,19-20,22,24,26,30,38-39,53,56H,6,13-18,21,23,25,27H2,1-5H3. The molecule has 2 N–H and O–H groups in total. The van der Waals surface area contributed by atoms with Crippen molar-refractivity contribution in [3.05, 3.63) is 94.2 Å². The molecule has 0 saturated heterocycles. The largest absolute Gasteiger partial charge is 0.493 e. The van der Waals surface area contributed by atoms with Gasteiger partial charge in [0.1, 0.15) is 5.76 Å². The maximum absolute atomic E-state index is 15.1. The molecule has 316 valence electrons. The number of carbonyl (C=O) groups is 2. The number of aliphatic hydroxyl groups excluding tert-OH is 1. The Hall–Kier alpha value is -4.06. The van der Waals surface area contributed by atoms with Crippen LogP contribution in [0.1, 0.15) is 93.8 Å². The smallest absolute Gasteiger partial charge is 0.416 e. The summed E-state index contributed by atoms with van der Waals surface area (Å²) in [7, 11) is 3.11. The van der Waals surface area contributed by atoms with E-state index in [-0.39, 0.29) is 64.0 Å². The summed E-state index contributed by atoms with van der Waals surface area (Å²) in [5.74, 6) is 0.465. The van der Waals surface area contributed by atoms with Gasteiger partial charge in [-0.15, -0.1) is 0 Å². The second kappa shape index (κ2) is 14.5. The summed E-state index contributed by atoms with van der Waals surface area (Å²) in [5, 5.41) is 24.2. The Labute approximate surface area is 348 Å². The van der Waals surface area contributed by atoms with E-state index in [4.69, 9.17) is 25.5 Å². The highest BCUT2D eigenvalue weighted by Crippen LogP contribution is 2.78. The Balaban J connectivity index is 1.16. The van der Waals surface area contributed by atoms with Crippen molar-refractivity contribution < 1.29 is 46.9 Å². The molecular weight excluding hydrogens is 783 g/mol. The monoisotopic (exact) mass is 835 g/mol. The number of rotatable bonds is 11. The van der Waals surface area contributed by atoms with Crippen molar-refractivity contribution in [2.75, 3.05) is 27.3 Å². The number of furan rings is 1. The van der Waals surface area contributed by atoms with E-state index in [1.807, 2.05) is 13.0 Å². The molecule has 3 saturated carbocycles. The van der Waals surface area contributed by atoms with Gasteiger partial charge in [-0.2, -0.15) is 13.2 Å². The van der Waals surface area contributed by atoms with Crippen LogP contribution >= 0.6 is 11.6 Å². The number of benzene rings is 2. The number of carbonyl (C=O) groups excluding carboxylic acids is 2. The van der Waals surface area contributed by atoms with Crippen molar-refractivity contribution in [3.63, 3.8) is 0 Å². The minimum Gasteiger partial charge on any atom is -0.493 e. The predicted octanol–water partition coefficient (Wildman–Crippen LogP) is 9.89. The molecule has 12 heteroatoms. The third kappa shape index (κ3) is 6.30. The van der Waals surface area contributed by atoms with E-state index >= 15 is 4.79 Å². The van der Waals surface area contributed by atoms with Gasteiger partial charge in [0, 0.05) is 40.5 Å². The lowest BCUT2D eigenvalue weighted by Crippen LogP contribution is -2.67. The van der Waals surface area contributed by atoms with E-state index in [1.54, 1.807) is 31.3 Å². The van der Waals surface area contributed by atoms with Gasteiger partial charge in [-0.25, -0.2) is 0 Å². The summed E-state index contributed by atoms with van der Waals surface area (Å²) < 4.78 is 58.1. The van der Waals surface area contributed by atoms with Crippen molar-refractivity contribution >= 4 is 23.3 Å². The number of methoxy groups -OCH3 is 2. The van der Waals surface area contributed by atoms with E-state index in [1.165, 1.54) is 18.2 Å². The number of amides is 1. The summed E-state index contributed by atoms with van der Waals surface area (Å²) in [6.07, 6.45) is 6.46. The number of hydrogen-bond donors (Lipinski definition) is 2. The Morgan fingerprint density at radius 1 is 0.932 bits per heavy atom. The molecule has 9 rings (SSSR count). The van der Waals surface area contributed by atoms with Gasteiger partial charge in [-0.05, 0) is 117 Å². The molecule has 59 heavy (non-hydrogen) atoms. The average Bonchev–Trinajstić information content (AvgIpc) is 3.79. The molecule has 0 aliphatic heterocycles. The fourth-order valence-corrected chi connectivity index (χ4v) is 12.6. The van der Waals surface area contributed by atoms with Crippen LogP contribution in [0.4, 0.5) is 13.2 Å². The zero-order chi connectivity index (χ0) is 42.3. The topological polar surface area (TPSA) is 109 Å². The number of ketones is 1. The third-order valence-corrected chi connectivity index (χ3v) is 15.8. The van der Waals surface area contributed by atoms with Gasteiger partial charge in [0.05, 0.1) is 42.9 Å². The second-order valence-corrected chi connectivity index (χ2v) is 18.6. The summed E-state index contributed by atoms with van der Waals surface area (Å²) in [6.45, 7) is 7.03. The van der Waals surface area contributed by atoms with Crippen LogP contribution in [0.5, 0.6) is 11.5 Å². The van der Waals surface area contributed by atoms with Gasteiger partial charge in [0.2, 0.25) is 11.7 Å². The lowest BCUT2D eigenvalue weighted by Gasteiger charge is -2.71. The first-order chi connectivity index (χ1) is 27.9. The number of alkyl halides is 3. The van der Waals surface area contributed by atoms with Crippen LogP contribution in [-0.2, 0) is 17.4 Å². The molecule has 8 atom stereocenters. The molecular formula is C47H53ClF3NO7. The van der Waals surface area contributed by atoms with Crippen LogP contribution in [0.15, 0.2) is 76.7 Å². The molecule has 3 aromatic rings. The minimum atomic E-state index is -4.60. The van der Waals surface area contributed by atoms with Crippen LogP contribution < -0.4 is 9.47 Å². The first-order valence-corrected chi connectivity index (χ1v) is 21.1. The number of Topliss-reactive ketones (excluding diaryl/α,β-unsaturated/α-hetero) is 1. The summed E-state index contributed by atoms with van der Waals surface area (Å²) >= 11 is 6.39. The second-order valence-electron chi connectivity index (χ2n) is 18.2. The predicted molar refractivity (Wildman–Crippen MR) is 217 cm³/mol. The van der Waals surface area contributed by atoms with E-state index in [0.717, 1.165) is 30.5 Å². The molecule has 8 nitrogen and oxygen atoms in total. The zero-order valence-corrected chi connectivity index (χ0v) is 35.0. The number of aliphatic hydroxyl groups is 2. The molecule has 1 amide bonds. The van der Waals surface area contributed by atoms with Crippen molar-refractivity contribution in [1.29, 1.82) is 0 Å². The van der Waals surface area contributed by atoms with E-state index in [0.29, 0.717) is 62.1 Å². The summed E-state index contributed by atoms with van der Waals surface area (Å²) in [6, 6.07) is 11.4. The molecule has 3 fully saturated rings. The van der Waals surface area contributed by atoms with Crippen molar-refractivity contribution in [3.8, 4) is 22.8 Å². The van der Waals surface area contributed by atoms with Gasteiger partial charge < -0.3 is 29.0 Å². The lowest BCUT2D eigenvalue weighted by molar-refractivity contribution is -0.178. The van der Waals surface area contributed by atoms with E-state index < -0.39 is 39.7 Å². The lowest BCUT2D eigenvalue weighted by atomic mass is 9.32. The van der Waals surface area contributed by atoms with E-state index in [9.17, 15) is 28.2 Å². The van der Waals surface area contributed by atoms with Crippen LogP contribution in [0.3, 0.4) is 0 Å². The number of fused-ring (bicyclic) bond motifs is 1. The number of halogens is 4. The van der Waals surface area contributed by atoms with Gasteiger partial charge in [-0.3, -0.25) is 9.59 Å². The maximum Gasteiger partial charge on any atom is 0.416 e. The normalized spacial score (nSPS) is 33.1. The van der Waals surface area contributed by atoms with Gasteiger partial charge >= 0.3 is 6.18 Å². The SMILES string of the molecule is CCCN(CC1(O)CCC2C34C=CC5(C=C3C(=O)c3ccc(-c6cc(C(F)(F)F)ccc6Cl)o3)CC(O)CCC5(C)C4CCC21C)C(=O)Cc1ccc(OC)c(OC)c1. The number of allylic oxidation sites excluding steroid dienone is 4. The summed E-state index contributed by atoms with van der Waals surface area (Å²) in [4.78, 5) is 31.0. The fourth-order valence-electron chi connectivity index (χ4n) is 12.4. The van der Waals surface area contributed by atoms with E-state index in [2.05, 4.69) is 32.1 Å². The quantitative estimate of drug-likeness (QED) is 0.146. The fraction of sp³-hybridized carbons (Fsp3) is 0.532. The van der Waals surface area contributed by atoms with Crippen LogP contribution in [0.2, 0.25) is 5.02 Å². The van der Waals surface area contributed by atoms with Crippen molar-refractivity contribution in [1.82, 2.24) is 4.90 Å². The van der Waals surface area contributed by atoms with Crippen molar-refractivity contribution in [2.45, 2.75) is 96.4 Å². The molecule has 6 aliphatic carbocycles. The maximum atomic E-state index is 15.1. The number of hydrogen-bond acceptors (Lipinski definition) is 7. The Morgan fingerprint density at radius 3 is 2.36 bits per heavy atom. The van der Waals surface area contributed by atoms with Crippen LogP contribution in [0, 0.1) is 33.5 Å². The molecule has 1 heterocycles. The third-order valence-electron chi connectivity index (χ3n) is 15.4. The average molecular weight is 836 g/mol. The van der Waals surface area contributed by atoms with Gasteiger partial charge in [0.15, 0.2) is 17.3 Å². The highest BCUT2D eigenvalue weighted by molar-refractivity contribution is 6.33. The molecule has 2 aromatic carbocycles. The van der Waals surface area contributed by atoms with Gasteiger partial charge in [0.25, 0.3) is 0 Å². The highest BCUT2D eigenvalue weighted by Gasteiger charge is 2.74. The molecule has 8 unspecified atom stereocenters. The zero-order valence-electron chi connectivity index (χ0n) is 34.3. The highest BCUT2D eigenvalue weighted by atomic mass is 35.5. The van der Waals surface area contributed by atoms with Crippen molar-refractivity contribution in [2.24, 2.45) is 33.5 Å². The summed E-state index contributed by atoms with van der Waals surface area (Å²) in [5.41, 5.74) is -3.21. The van der Waals surface area contributed by atoms with Gasteiger partial charge in [-0.1, -0.05) is 56.7 Å². The van der Waals surface area contributed by atoms with Crippen LogP contribution in [0.25, 0.3) is 11.3 Å². The first-order valence-electron chi connectivity index (χ1n) is 20.7. The first kappa shape index (κ1) is 41.7. The Bertz CT molecular complexity index is 2230. The molecule has 0 radical (unpaired) electrons. The molecule has 6 aliphatic rings. The molecule has 2 spiro atoms. The molecule has 2 bridgehead atoms. The Kier molecular flexibility index (Phi) is 10.3. The van der Waals surface area contributed by atoms with Crippen LogP contribution in [-0.4, -0.2) is 65.8 Å².